The summed E-state index contributed by atoms with van der Waals surface area (Å²) in [6.45, 7) is 0.704. The molecule has 0 bridgehead atoms. The van der Waals surface area contributed by atoms with Gasteiger partial charge in [-0.2, -0.15) is 11.8 Å². The zero-order valence-corrected chi connectivity index (χ0v) is 10.6. The number of hydrogen-bond donors (Lipinski definition) is 2. The highest BCUT2D eigenvalue weighted by Crippen LogP contribution is 2.16. The highest BCUT2D eigenvalue weighted by molar-refractivity contribution is 7.98. The van der Waals surface area contributed by atoms with Gasteiger partial charge in [0, 0.05) is 37.5 Å². The van der Waals surface area contributed by atoms with E-state index in [-0.39, 0.29) is 0 Å². The Kier molecular flexibility index (Phi) is 5.07. The molecule has 1 rings (SSSR count). The fraction of sp³-hybridized carbons (Fsp3) is 0.556. The summed E-state index contributed by atoms with van der Waals surface area (Å²) in [5, 5.41) is 10.5. The second kappa shape index (κ2) is 6.09. The minimum absolute atomic E-state index is 0.468. The third kappa shape index (κ3) is 3.81. The van der Waals surface area contributed by atoms with Crippen LogP contribution < -0.4 is 5.73 Å². The molecule has 84 valence electrons. The van der Waals surface area contributed by atoms with Gasteiger partial charge in [-0.15, -0.1) is 11.3 Å². The number of rotatable bonds is 5. The standard InChI is InChI=1S/C9H16N4S2/c1-13(2)8(11)9-12-7(6-15-9)5-14-4-3-10/h6,11H,3-5,10H2,1-2H3. The summed E-state index contributed by atoms with van der Waals surface area (Å²) in [6, 6.07) is 0. The van der Waals surface area contributed by atoms with E-state index in [1.165, 1.54) is 11.3 Å². The van der Waals surface area contributed by atoms with E-state index in [0.29, 0.717) is 12.4 Å². The summed E-state index contributed by atoms with van der Waals surface area (Å²) in [6.07, 6.45) is 0. The Labute approximate surface area is 98.4 Å². The predicted octanol–water partition coefficient (Wildman–Crippen LogP) is 1.22. The first-order chi connectivity index (χ1) is 7.15. The quantitative estimate of drug-likeness (QED) is 0.464. The number of amidine groups is 1. The Hall–Kier alpha value is -0.590. The summed E-state index contributed by atoms with van der Waals surface area (Å²) < 4.78 is 0. The molecule has 0 saturated carbocycles. The highest BCUT2D eigenvalue weighted by Gasteiger charge is 2.08. The van der Waals surface area contributed by atoms with Gasteiger partial charge < -0.3 is 10.6 Å². The van der Waals surface area contributed by atoms with Crippen molar-refractivity contribution < 1.29 is 0 Å². The fourth-order valence-electron chi connectivity index (χ4n) is 0.933. The van der Waals surface area contributed by atoms with Crippen LogP contribution in [0.25, 0.3) is 0 Å². The number of nitrogens with two attached hydrogens (primary N) is 1. The zero-order valence-electron chi connectivity index (χ0n) is 8.99. The third-order valence-corrected chi connectivity index (χ3v) is 3.64. The molecule has 0 saturated heterocycles. The number of thioether (sulfide) groups is 1. The molecule has 1 aromatic heterocycles. The second-order valence-corrected chi connectivity index (χ2v) is 5.19. The van der Waals surface area contributed by atoms with Gasteiger partial charge in [0.25, 0.3) is 0 Å². The van der Waals surface area contributed by atoms with Gasteiger partial charge in [-0.05, 0) is 0 Å². The van der Waals surface area contributed by atoms with Crippen LogP contribution in [0.5, 0.6) is 0 Å². The lowest BCUT2D eigenvalue weighted by Gasteiger charge is -2.09. The second-order valence-electron chi connectivity index (χ2n) is 3.23. The number of nitrogens with one attached hydrogen (secondary N) is 1. The van der Waals surface area contributed by atoms with Crippen LogP contribution in [0.3, 0.4) is 0 Å². The molecule has 0 aliphatic heterocycles. The van der Waals surface area contributed by atoms with E-state index in [1.807, 2.05) is 19.5 Å². The van der Waals surface area contributed by atoms with Gasteiger partial charge in [-0.25, -0.2) is 4.98 Å². The number of aromatic nitrogens is 1. The average Bonchev–Trinajstić information content (AvgIpc) is 2.65. The van der Waals surface area contributed by atoms with Crippen LogP contribution in [0.4, 0.5) is 0 Å². The Bertz CT molecular complexity index is 322. The van der Waals surface area contributed by atoms with Crippen molar-refractivity contribution in [2.75, 3.05) is 26.4 Å². The number of thiazole rings is 1. The topological polar surface area (TPSA) is 66.0 Å². The van der Waals surface area contributed by atoms with Crippen LogP contribution in [-0.4, -0.2) is 42.1 Å². The molecular formula is C9H16N4S2. The van der Waals surface area contributed by atoms with E-state index in [2.05, 4.69) is 4.98 Å². The van der Waals surface area contributed by atoms with Crippen LogP contribution in [0.1, 0.15) is 10.7 Å². The molecule has 3 N–H and O–H groups in total. The lowest BCUT2D eigenvalue weighted by atomic mass is 10.5. The summed E-state index contributed by atoms with van der Waals surface area (Å²) in [5.74, 6) is 2.31. The van der Waals surface area contributed by atoms with Crippen molar-refractivity contribution in [1.82, 2.24) is 9.88 Å². The van der Waals surface area contributed by atoms with Gasteiger partial charge in [-0.3, -0.25) is 5.41 Å². The first kappa shape index (κ1) is 12.5. The molecule has 0 atom stereocenters. The molecule has 4 nitrogen and oxygen atoms in total. The van der Waals surface area contributed by atoms with Gasteiger partial charge in [0.05, 0.1) is 5.69 Å². The average molecular weight is 244 g/mol. The van der Waals surface area contributed by atoms with E-state index >= 15 is 0 Å². The molecule has 1 aromatic rings. The predicted molar refractivity (Wildman–Crippen MR) is 67.8 cm³/mol. The van der Waals surface area contributed by atoms with E-state index in [1.54, 1.807) is 16.7 Å². The summed E-state index contributed by atoms with van der Waals surface area (Å²) >= 11 is 3.30. The molecule has 0 aliphatic carbocycles. The zero-order chi connectivity index (χ0) is 11.3. The van der Waals surface area contributed by atoms with E-state index in [9.17, 15) is 0 Å². The third-order valence-electron chi connectivity index (χ3n) is 1.71. The largest absolute Gasteiger partial charge is 0.361 e. The van der Waals surface area contributed by atoms with Crippen LogP contribution >= 0.6 is 23.1 Å². The number of hydrogen-bond acceptors (Lipinski definition) is 5. The molecule has 1 heterocycles. The van der Waals surface area contributed by atoms with Gasteiger partial charge >= 0.3 is 0 Å². The van der Waals surface area contributed by atoms with E-state index in [4.69, 9.17) is 11.1 Å². The SMILES string of the molecule is CN(C)C(=N)c1nc(CSCCN)cs1. The van der Waals surface area contributed by atoms with Crippen molar-refractivity contribution in [2.45, 2.75) is 5.75 Å². The van der Waals surface area contributed by atoms with Gasteiger partial charge in [0.2, 0.25) is 0 Å². The van der Waals surface area contributed by atoms with Crippen molar-refractivity contribution in [1.29, 1.82) is 5.41 Å². The first-order valence-electron chi connectivity index (χ1n) is 4.63. The first-order valence-corrected chi connectivity index (χ1v) is 6.67. The molecule has 0 spiro atoms. The van der Waals surface area contributed by atoms with E-state index < -0.39 is 0 Å². The number of nitrogens with zero attached hydrogens (tertiary/aromatic N) is 2. The van der Waals surface area contributed by atoms with Crippen LogP contribution in [0.15, 0.2) is 5.38 Å². The maximum absolute atomic E-state index is 7.76. The Balaban J connectivity index is 2.52. The van der Waals surface area contributed by atoms with Crippen molar-refractivity contribution in [3.8, 4) is 0 Å². The smallest absolute Gasteiger partial charge is 0.158 e. The molecule has 6 heteroatoms. The van der Waals surface area contributed by atoms with Gasteiger partial charge in [0.1, 0.15) is 0 Å². The molecular weight excluding hydrogens is 228 g/mol. The molecule has 0 fully saturated rings. The Morgan fingerprint density at radius 2 is 2.40 bits per heavy atom. The van der Waals surface area contributed by atoms with Gasteiger partial charge in [0.15, 0.2) is 10.8 Å². The maximum Gasteiger partial charge on any atom is 0.158 e. The summed E-state index contributed by atoms with van der Waals surface area (Å²) in [5.41, 5.74) is 6.45. The summed E-state index contributed by atoms with van der Waals surface area (Å²) in [7, 11) is 3.71. The van der Waals surface area contributed by atoms with Crippen LogP contribution in [-0.2, 0) is 5.75 Å². The van der Waals surface area contributed by atoms with Crippen LogP contribution in [0, 0.1) is 5.41 Å². The lowest BCUT2D eigenvalue weighted by Crippen LogP contribution is -2.21. The maximum atomic E-state index is 7.76. The molecule has 0 aromatic carbocycles. The summed E-state index contributed by atoms with van der Waals surface area (Å²) in [4.78, 5) is 6.15. The van der Waals surface area contributed by atoms with Crippen molar-refractivity contribution in [2.24, 2.45) is 5.73 Å². The Morgan fingerprint density at radius 3 is 3.00 bits per heavy atom. The molecule has 0 unspecified atom stereocenters. The molecule has 15 heavy (non-hydrogen) atoms. The van der Waals surface area contributed by atoms with Crippen LogP contribution in [0.2, 0.25) is 0 Å². The van der Waals surface area contributed by atoms with Gasteiger partial charge in [-0.1, -0.05) is 0 Å². The minimum atomic E-state index is 0.468. The normalized spacial score (nSPS) is 10.3. The van der Waals surface area contributed by atoms with Crippen molar-refractivity contribution in [3.05, 3.63) is 16.1 Å². The fourth-order valence-corrected chi connectivity index (χ4v) is 2.55. The molecule has 0 radical (unpaired) electrons. The molecule has 0 amide bonds. The van der Waals surface area contributed by atoms with Crippen molar-refractivity contribution >= 4 is 28.9 Å². The minimum Gasteiger partial charge on any atom is -0.361 e. The molecule has 0 aliphatic rings. The monoisotopic (exact) mass is 244 g/mol. The Morgan fingerprint density at radius 1 is 1.67 bits per heavy atom. The van der Waals surface area contributed by atoms with E-state index in [0.717, 1.165) is 22.2 Å². The van der Waals surface area contributed by atoms with Crippen molar-refractivity contribution in [3.63, 3.8) is 0 Å². The highest BCUT2D eigenvalue weighted by atomic mass is 32.2. The lowest BCUT2D eigenvalue weighted by molar-refractivity contribution is 0.618.